The Morgan fingerprint density at radius 1 is 1.04 bits per heavy atom. The SMILES string of the molecule is CC12CCC3C(CC=C4C[C@@H](O)CC[C@@]43C)C1CC=C2CC1CN=CC=N1. The van der Waals surface area contributed by atoms with Crippen LogP contribution in [0.4, 0.5) is 0 Å². The first-order chi connectivity index (χ1) is 13.0. The standard InChI is InChI=1S/C24H34N2O/c1-23-9-7-19(27)14-17(23)3-5-20-21-6-4-16(13-18-15-25-11-12-26-18)24(21,2)10-8-22(20)23/h3-4,11-12,18-22,27H,5-10,13-15H2,1-2H3/t18?,19-,20?,21?,22?,23-,24?/m0/s1. The van der Waals surface area contributed by atoms with E-state index < -0.39 is 0 Å². The van der Waals surface area contributed by atoms with Crippen LogP contribution in [0, 0.1) is 28.6 Å². The van der Waals surface area contributed by atoms with E-state index in [9.17, 15) is 5.11 Å². The van der Waals surface area contributed by atoms with Crippen molar-refractivity contribution in [3.63, 3.8) is 0 Å². The number of aliphatic hydroxyl groups is 1. The zero-order valence-corrected chi connectivity index (χ0v) is 16.9. The zero-order valence-electron chi connectivity index (χ0n) is 16.9. The number of nitrogens with zero attached hydrogens (tertiary/aromatic N) is 2. The van der Waals surface area contributed by atoms with Gasteiger partial charge in [0, 0.05) is 12.4 Å². The van der Waals surface area contributed by atoms with Crippen molar-refractivity contribution >= 4 is 12.4 Å². The van der Waals surface area contributed by atoms with E-state index >= 15 is 0 Å². The number of fused-ring (bicyclic) bond motifs is 5. The molecule has 2 fully saturated rings. The lowest BCUT2D eigenvalue weighted by Gasteiger charge is -2.57. The molecule has 1 aliphatic heterocycles. The Hall–Kier alpha value is -1.22. The van der Waals surface area contributed by atoms with Crippen LogP contribution in [0.15, 0.2) is 33.3 Å². The smallest absolute Gasteiger partial charge is 0.0732 e. The van der Waals surface area contributed by atoms with Gasteiger partial charge in [-0.2, -0.15) is 0 Å². The number of allylic oxidation sites excluding steroid dienone is 2. The third-order valence-corrected chi connectivity index (χ3v) is 9.06. The molecule has 0 aromatic carbocycles. The number of hydrogen-bond donors (Lipinski definition) is 1. The molecule has 3 nitrogen and oxygen atoms in total. The summed E-state index contributed by atoms with van der Waals surface area (Å²) >= 11 is 0. The second kappa shape index (κ2) is 6.40. The highest BCUT2D eigenvalue weighted by molar-refractivity contribution is 6.16. The van der Waals surface area contributed by atoms with Crippen LogP contribution in [0.1, 0.15) is 65.2 Å². The zero-order chi connectivity index (χ0) is 18.6. The van der Waals surface area contributed by atoms with Crippen LogP contribution in [-0.2, 0) is 0 Å². The van der Waals surface area contributed by atoms with E-state index in [-0.39, 0.29) is 6.10 Å². The fraction of sp³-hybridized carbons (Fsp3) is 0.750. The molecule has 5 rings (SSSR count). The average molecular weight is 367 g/mol. The molecule has 0 bridgehead atoms. The second-order valence-electron chi connectivity index (χ2n) is 10.2. The molecule has 5 unspecified atom stereocenters. The maximum Gasteiger partial charge on any atom is 0.0732 e. The molecule has 0 spiro atoms. The maximum absolute atomic E-state index is 10.2. The largest absolute Gasteiger partial charge is 0.393 e. The van der Waals surface area contributed by atoms with E-state index in [2.05, 4.69) is 36.0 Å². The molecule has 0 saturated heterocycles. The lowest BCUT2D eigenvalue weighted by molar-refractivity contribution is -0.0302. The van der Waals surface area contributed by atoms with Gasteiger partial charge in [0.2, 0.25) is 0 Å². The van der Waals surface area contributed by atoms with Gasteiger partial charge < -0.3 is 5.11 Å². The van der Waals surface area contributed by atoms with Crippen molar-refractivity contribution in [3.8, 4) is 0 Å². The van der Waals surface area contributed by atoms with Crippen LogP contribution in [-0.4, -0.2) is 36.2 Å². The summed E-state index contributed by atoms with van der Waals surface area (Å²) in [7, 11) is 0. The summed E-state index contributed by atoms with van der Waals surface area (Å²) in [6, 6.07) is 0.352. The molecule has 0 aromatic heterocycles. The van der Waals surface area contributed by atoms with Gasteiger partial charge in [-0.1, -0.05) is 37.1 Å². The molecule has 27 heavy (non-hydrogen) atoms. The molecule has 5 aliphatic rings. The lowest BCUT2D eigenvalue weighted by atomic mass is 9.47. The molecule has 0 amide bonds. The Labute approximate surface area is 163 Å². The Balaban J connectivity index is 1.38. The van der Waals surface area contributed by atoms with Crippen LogP contribution >= 0.6 is 0 Å². The normalized spacial score (nSPS) is 48.3. The van der Waals surface area contributed by atoms with Crippen molar-refractivity contribution in [3.05, 3.63) is 23.3 Å². The second-order valence-corrected chi connectivity index (χ2v) is 10.2. The van der Waals surface area contributed by atoms with Crippen molar-refractivity contribution in [1.29, 1.82) is 0 Å². The first-order valence-electron chi connectivity index (χ1n) is 11.1. The number of hydrogen-bond acceptors (Lipinski definition) is 3. The van der Waals surface area contributed by atoms with E-state index in [1.165, 1.54) is 32.1 Å². The Morgan fingerprint density at radius 3 is 2.70 bits per heavy atom. The van der Waals surface area contributed by atoms with Crippen molar-refractivity contribution in [2.75, 3.05) is 6.54 Å². The molecule has 146 valence electrons. The quantitative estimate of drug-likeness (QED) is 0.704. The summed E-state index contributed by atoms with van der Waals surface area (Å²) in [5.41, 5.74) is 3.96. The van der Waals surface area contributed by atoms with Gasteiger partial charge in [0.25, 0.3) is 0 Å². The fourth-order valence-corrected chi connectivity index (χ4v) is 7.42. The van der Waals surface area contributed by atoms with Crippen LogP contribution in [0.5, 0.6) is 0 Å². The number of rotatable bonds is 2. The summed E-state index contributed by atoms with van der Waals surface area (Å²) in [6.45, 7) is 5.92. The minimum Gasteiger partial charge on any atom is -0.393 e. The molecule has 1 N–H and O–H groups in total. The van der Waals surface area contributed by atoms with Gasteiger partial charge in [0.05, 0.1) is 18.7 Å². The van der Waals surface area contributed by atoms with Crippen molar-refractivity contribution < 1.29 is 5.11 Å². The lowest BCUT2D eigenvalue weighted by Crippen LogP contribution is -2.50. The van der Waals surface area contributed by atoms with Gasteiger partial charge in [-0.05, 0) is 80.0 Å². The summed E-state index contributed by atoms with van der Waals surface area (Å²) in [6.07, 6.45) is 18.1. The van der Waals surface area contributed by atoms with Gasteiger partial charge in [0.15, 0.2) is 0 Å². The highest BCUT2D eigenvalue weighted by Gasteiger charge is 2.56. The molecule has 2 saturated carbocycles. The fourth-order valence-electron chi connectivity index (χ4n) is 7.42. The van der Waals surface area contributed by atoms with E-state index in [1.54, 1.807) is 11.1 Å². The predicted octanol–water partition coefficient (Wildman–Crippen LogP) is 4.76. The minimum atomic E-state index is -0.104. The molecule has 4 aliphatic carbocycles. The van der Waals surface area contributed by atoms with Gasteiger partial charge in [-0.3, -0.25) is 9.98 Å². The minimum absolute atomic E-state index is 0.104. The van der Waals surface area contributed by atoms with Crippen molar-refractivity contribution in [2.45, 2.75) is 77.4 Å². The molecule has 1 heterocycles. The van der Waals surface area contributed by atoms with Crippen LogP contribution < -0.4 is 0 Å². The highest BCUT2D eigenvalue weighted by Crippen LogP contribution is 2.65. The maximum atomic E-state index is 10.2. The highest BCUT2D eigenvalue weighted by atomic mass is 16.3. The van der Waals surface area contributed by atoms with Gasteiger partial charge in [-0.15, -0.1) is 0 Å². The first kappa shape index (κ1) is 17.8. The van der Waals surface area contributed by atoms with E-state index in [0.717, 1.165) is 43.6 Å². The monoisotopic (exact) mass is 366 g/mol. The first-order valence-corrected chi connectivity index (χ1v) is 11.1. The Kier molecular flexibility index (Phi) is 4.23. The molecule has 0 aromatic rings. The Bertz CT molecular complexity index is 735. The van der Waals surface area contributed by atoms with E-state index in [1.807, 2.05) is 12.4 Å². The van der Waals surface area contributed by atoms with Crippen molar-refractivity contribution in [2.24, 2.45) is 38.6 Å². The van der Waals surface area contributed by atoms with Crippen LogP contribution in [0.25, 0.3) is 0 Å². The summed E-state index contributed by atoms with van der Waals surface area (Å²) in [5, 5.41) is 10.2. The molecule has 3 heteroatoms. The third kappa shape index (κ3) is 2.72. The third-order valence-electron chi connectivity index (χ3n) is 9.06. The Morgan fingerprint density at radius 2 is 1.89 bits per heavy atom. The summed E-state index contributed by atoms with van der Waals surface area (Å²) in [4.78, 5) is 9.09. The van der Waals surface area contributed by atoms with Crippen LogP contribution in [0.3, 0.4) is 0 Å². The predicted molar refractivity (Wildman–Crippen MR) is 111 cm³/mol. The summed E-state index contributed by atoms with van der Waals surface area (Å²) in [5.74, 6) is 2.42. The van der Waals surface area contributed by atoms with Gasteiger partial charge in [-0.25, -0.2) is 0 Å². The van der Waals surface area contributed by atoms with Gasteiger partial charge in [0.1, 0.15) is 0 Å². The van der Waals surface area contributed by atoms with Crippen LogP contribution in [0.2, 0.25) is 0 Å². The van der Waals surface area contributed by atoms with Gasteiger partial charge >= 0.3 is 0 Å². The molecular weight excluding hydrogens is 332 g/mol. The topological polar surface area (TPSA) is 45.0 Å². The number of aliphatic hydroxyl groups excluding tert-OH is 1. The molecule has 7 atom stereocenters. The average Bonchev–Trinajstić information content (AvgIpc) is 3.00. The van der Waals surface area contributed by atoms with E-state index in [0.29, 0.717) is 16.9 Å². The summed E-state index contributed by atoms with van der Waals surface area (Å²) < 4.78 is 0. The molecular formula is C24H34N2O. The van der Waals surface area contributed by atoms with E-state index in [4.69, 9.17) is 0 Å². The number of aliphatic imine (C=N–C) groups is 2. The van der Waals surface area contributed by atoms with Crippen molar-refractivity contribution in [1.82, 2.24) is 0 Å². The molecule has 0 radical (unpaired) electrons.